The van der Waals surface area contributed by atoms with Crippen LogP contribution in [0.4, 0.5) is 4.79 Å². The zero-order valence-electron chi connectivity index (χ0n) is 12.3. The number of nitrogens with one attached hydrogen (secondary N) is 1. The van der Waals surface area contributed by atoms with Crippen molar-refractivity contribution in [1.82, 2.24) is 10.2 Å². The van der Waals surface area contributed by atoms with Crippen LogP contribution in [0.2, 0.25) is 0 Å². The predicted molar refractivity (Wildman–Crippen MR) is 73.3 cm³/mol. The quantitative estimate of drug-likeness (QED) is 0.619. The van der Waals surface area contributed by atoms with Gasteiger partial charge in [-0.2, -0.15) is 0 Å². The summed E-state index contributed by atoms with van der Waals surface area (Å²) in [5, 5.41) is 11.6. The molecule has 0 bridgehead atoms. The number of carboxylic acid groups (broad SMARTS) is 1. The van der Waals surface area contributed by atoms with Gasteiger partial charge in [0.2, 0.25) is 0 Å². The van der Waals surface area contributed by atoms with E-state index >= 15 is 0 Å². The van der Waals surface area contributed by atoms with Crippen molar-refractivity contribution in [3.8, 4) is 0 Å². The van der Waals surface area contributed by atoms with Crippen LogP contribution in [0.1, 0.15) is 32.6 Å². The largest absolute Gasteiger partial charge is 0.481 e. The average molecular weight is 288 g/mol. The van der Waals surface area contributed by atoms with Gasteiger partial charge in [0, 0.05) is 26.6 Å². The summed E-state index contributed by atoms with van der Waals surface area (Å²) < 4.78 is 4.50. The molecule has 1 atom stereocenters. The highest BCUT2D eigenvalue weighted by Gasteiger charge is 2.18. The number of nitrogens with zero attached hydrogens (tertiary/aromatic N) is 1. The van der Waals surface area contributed by atoms with Crippen molar-refractivity contribution in [2.75, 3.05) is 27.2 Å². The molecule has 0 rings (SSSR count). The minimum Gasteiger partial charge on any atom is -0.481 e. The number of rotatable bonds is 9. The number of carbonyl (C=O) groups is 3. The second kappa shape index (κ2) is 10.1. The van der Waals surface area contributed by atoms with Gasteiger partial charge in [-0.1, -0.05) is 13.3 Å². The Labute approximate surface area is 119 Å². The lowest BCUT2D eigenvalue weighted by atomic mass is 10.0. The Morgan fingerprint density at radius 2 is 2.00 bits per heavy atom. The van der Waals surface area contributed by atoms with Crippen LogP contribution in [0.25, 0.3) is 0 Å². The molecule has 0 aromatic heterocycles. The highest BCUT2D eigenvalue weighted by Crippen LogP contribution is 2.05. The molecule has 7 nitrogen and oxygen atoms in total. The fourth-order valence-corrected chi connectivity index (χ4v) is 1.67. The standard InChI is InChI=1S/C13H24N2O5/c1-4-6-10(12(17)18)9-14-13(19)15(2)8-5-7-11(16)20-3/h10H,4-9H2,1-3H3,(H,14,19)(H,17,18). The molecular formula is C13H24N2O5. The lowest BCUT2D eigenvalue weighted by molar-refractivity contribution is -0.142. The van der Waals surface area contributed by atoms with Gasteiger partial charge in [0.15, 0.2) is 0 Å². The van der Waals surface area contributed by atoms with Gasteiger partial charge in [-0.3, -0.25) is 9.59 Å². The van der Waals surface area contributed by atoms with Gasteiger partial charge >= 0.3 is 18.0 Å². The summed E-state index contributed by atoms with van der Waals surface area (Å²) in [6.07, 6.45) is 2.04. The third-order valence-electron chi connectivity index (χ3n) is 2.93. The monoisotopic (exact) mass is 288 g/mol. The molecule has 1 unspecified atom stereocenters. The van der Waals surface area contributed by atoms with E-state index in [9.17, 15) is 14.4 Å². The van der Waals surface area contributed by atoms with Crippen LogP contribution in [0.5, 0.6) is 0 Å². The number of hydrogen-bond acceptors (Lipinski definition) is 4. The van der Waals surface area contributed by atoms with Gasteiger partial charge in [0.25, 0.3) is 0 Å². The van der Waals surface area contributed by atoms with E-state index in [1.807, 2.05) is 6.92 Å². The maximum Gasteiger partial charge on any atom is 0.317 e. The molecule has 0 radical (unpaired) electrons. The van der Waals surface area contributed by atoms with Crippen molar-refractivity contribution < 1.29 is 24.2 Å². The topological polar surface area (TPSA) is 95.9 Å². The van der Waals surface area contributed by atoms with Crippen molar-refractivity contribution in [3.05, 3.63) is 0 Å². The number of aliphatic carboxylic acids is 1. The first kappa shape index (κ1) is 18.2. The van der Waals surface area contributed by atoms with Crippen molar-refractivity contribution in [3.63, 3.8) is 0 Å². The smallest absolute Gasteiger partial charge is 0.317 e. The number of amides is 2. The van der Waals surface area contributed by atoms with Crippen molar-refractivity contribution in [1.29, 1.82) is 0 Å². The normalized spacial score (nSPS) is 11.6. The average Bonchev–Trinajstić information content (AvgIpc) is 2.42. The number of urea groups is 1. The number of esters is 1. The highest BCUT2D eigenvalue weighted by molar-refractivity contribution is 5.76. The molecular weight excluding hydrogens is 264 g/mol. The van der Waals surface area contributed by atoms with E-state index in [0.717, 1.165) is 6.42 Å². The molecule has 0 aliphatic rings. The van der Waals surface area contributed by atoms with Crippen molar-refractivity contribution in [2.45, 2.75) is 32.6 Å². The molecule has 0 aromatic rings. The van der Waals surface area contributed by atoms with Crippen molar-refractivity contribution in [2.24, 2.45) is 5.92 Å². The molecule has 0 aliphatic heterocycles. The number of hydrogen-bond donors (Lipinski definition) is 2. The Morgan fingerprint density at radius 1 is 1.35 bits per heavy atom. The molecule has 2 N–H and O–H groups in total. The van der Waals surface area contributed by atoms with Crippen LogP contribution in [-0.2, 0) is 14.3 Å². The van der Waals surface area contributed by atoms with Crippen LogP contribution in [0, 0.1) is 5.92 Å². The van der Waals surface area contributed by atoms with Crippen LogP contribution in [-0.4, -0.2) is 55.2 Å². The molecule has 0 saturated heterocycles. The SMILES string of the molecule is CCCC(CNC(=O)N(C)CCCC(=O)OC)C(=O)O. The summed E-state index contributed by atoms with van der Waals surface area (Å²) in [5.41, 5.74) is 0. The van der Waals surface area contributed by atoms with E-state index < -0.39 is 11.9 Å². The second-order valence-electron chi connectivity index (χ2n) is 4.61. The van der Waals surface area contributed by atoms with E-state index in [4.69, 9.17) is 5.11 Å². The van der Waals surface area contributed by atoms with Crippen LogP contribution < -0.4 is 5.32 Å². The van der Waals surface area contributed by atoms with E-state index in [1.54, 1.807) is 7.05 Å². The summed E-state index contributed by atoms with van der Waals surface area (Å²) in [6, 6.07) is -0.336. The van der Waals surface area contributed by atoms with Crippen LogP contribution in [0.3, 0.4) is 0 Å². The fraction of sp³-hybridized carbons (Fsp3) is 0.769. The molecule has 0 spiro atoms. The zero-order valence-corrected chi connectivity index (χ0v) is 12.3. The summed E-state index contributed by atoms with van der Waals surface area (Å²) in [4.78, 5) is 35.0. The molecule has 116 valence electrons. The first-order chi connectivity index (χ1) is 9.42. The summed E-state index contributed by atoms with van der Waals surface area (Å²) in [7, 11) is 2.92. The lowest BCUT2D eigenvalue weighted by Crippen LogP contribution is -2.41. The minimum atomic E-state index is -0.902. The maximum absolute atomic E-state index is 11.7. The zero-order chi connectivity index (χ0) is 15.5. The lowest BCUT2D eigenvalue weighted by Gasteiger charge is -2.19. The summed E-state index contributed by atoms with van der Waals surface area (Å²) >= 11 is 0. The molecule has 2 amide bonds. The molecule has 0 aliphatic carbocycles. The molecule has 0 saturated carbocycles. The van der Waals surface area contributed by atoms with Gasteiger partial charge in [0.05, 0.1) is 13.0 Å². The number of methoxy groups -OCH3 is 1. The maximum atomic E-state index is 11.7. The number of ether oxygens (including phenoxy) is 1. The number of carbonyl (C=O) groups excluding carboxylic acids is 2. The van der Waals surface area contributed by atoms with Gasteiger partial charge in [-0.15, -0.1) is 0 Å². The van der Waals surface area contributed by atoms with Crippen LogP contribution in [0.15, 0.2) is 0 Å². The Bertz CT molecular complexity index is 333. The Balaban J connectivity index is 4.00. The Morgan fingerprint density at radius 3 is 2.50 bits per heavy atom. The van der Waals surface area contributed by atoms with Crippen molar-refractivity contribution >= 4 is 18.0 Å². The second-order valence-corrected chi connectivity index (χ2v) is 4.61. The summed E-state index contributed by atoms with van der Waals surface area (Å²) in [5.74, 6) is -1.78. The van der Waals surface area contributed by atoms with Gasteiger partial charge in [-0.05, 0) is 12.8 Å². The van der Waals surface area contributed by atoms with Gasteiger partial charge in [-0.25, -0.2) is 4.79 Å². The fourth-order valence-electron chi connectivity index (χ4n) is 1.67. The van der Waals surface area contributed by atoms with E-state index in [0.29, 0.717) is 19.4 Å². The van der Waals surface area contributed by atoms with Gasteiger partial charge < -0.3 is 20.1 Å². The third-order valence-corrected chi connectivity index (χ3v) is 2.93. The first-order valence-electron chi connectivity index (χ1n) is 6.70. The third kappa shape index (κ3) is 7.60. The summed E-state index contributed by atoms with van der Waals surface area (Å²) in [6.45, 7) is 2.42. The van der Waals surface area contributed by atoms with E-state index in [1.165, 1.54) is 12.0 Å². The Hall–Kier alpha value is -1.79. The predicted octanol–water partition coefficient (Wildman–Crippen LogP) is 1.08. The van der Waals surface area contributed by atoms with E-state index in [-0.39, 0.29) is 25.0 Å². The van der Waals surface area contributed by atoms with E-state index in [2.05, 4.69) is 10.1 Å². The molecule has 0 heterocycles. The first-order valence-corrected chi connectivity index (χ1v) is 6.70. The Kier molecular flexibility index (Phi) is 9.15. The van der Waals surface area contributed by atoms with Crippen LogP contribution >= 0.6 is 0 Å². The highest BCUT2D eigenvalue weighted by atomic mass is 16.5. The molecule has 7 heteroatoms. The number of carboxylic acids is 1. The molecule has 20 heavy (non-hydrogen) atoms. The minimum absolute atomic E-state index is 0.114. The molecule has 0 aromatic carbocycles. The van der Waals surface area contributed by atoms with Gasteiger partial charge in [0.1, 0.15) is 0 Å². The molecule has 0 fully saturated rings.